The average molecular weight is 374 g/mol. The molecule has 0 atom stereocenters. The van der Waals surface area contributed by atoms with E-state index in [9.17, 15) is 8.42 Å². The highest BCUT2D eigenvalue weighted by Gasteiger charge is 2.32. The first-order valence-electron chi connectivity index (χ1n) is 7.66. The minimum Gasteiger partial charge on any atom is -0.207 e. The Hall–Kier alpha value is -0.390. The van der Waals surface area contributed by atoms with Crippen LogP contribution >= 0.6 is 15.9 Å². The smallest absolute Gasteiger partial charge is 0.207 e. The molecule has 118 valence electrons. The monoisotopic (exact) mass is 373 g/mol. The summed E-state index contributed by atoms with van der Waals surface area (Å²) in [7, 11) is -3.42. The Morgan fingerprint density at radius 3 is 2.33 bits per heavy atom. The molecule has 0 unspecified atom stereocenters. The first kappa shape index (κ1) is 17.0. The van der Waals surface area contributed by atoms with Crippen molar-refractivity contribution in [1.82, 2.24) is 4.31 Å². The van der Waals surface area contributed by atoms with Gasteiger partial charge in [0, 0.05) is 17.1 Å². The zero-order chi connectivity index (χ0) is 15.6. The molecular weight excluding hydrogens is 350 g/mol. The summed E-state index contributed by atoms with van der Waals surface area (Å²) in [4.78, 5) is 0.437. The molecule has 1 saturated carbocycles. The highest BCUT2D eigenvalue weighted by Crippen LogP contribution is 2.31. The predicted molar refractivity (Wildman–Crippen MR) is 90.1 cm³/mol. The van der Waals surface area contributed by atoms with Gasteiger partial charge in [-0.25, -0.2) is 8.42 Å². The van der Waals surface area contributed by atoms with Gasteiger partial charge in [-0.2, -0.15) is 4.31 Å². The first-order chi connectivity index (χ1) is 9.87. The van der Waals surface area contributed by atoms with Gasteiger partial charge in [-0.1, -0.05) is 48.2 Å². The van der Waals surface area contributed by atoms with E-state index >= 15 is 0 Å². The van der Waals surface area contributed by atoms with Crippen LogP contribution in [0.3, 0.4) is 0 Å². The molecule has 1 aliphatic rings. The molecule has 0 amide bonds. The molecule has 1 aromatic carbocycles. The van der Waals surface area contributed by atoms with Crippen LogP contribution in [0, 0.1) is 13.8 Å². The summed E-state index contributed by atoms with van der Waals surface area (Å²) >= 11 is 3.46. The van der Waals surface area contributed by atoms with Crippen molar-refractivity contribution in [3.05, 3.63) is 27.7 Å². The van der Waals surface area contributed by atoms with E-state index in [1.807, 2.05) is 26.8 Å². The summed E-state index contributed by atoms with van der Waals surface area (Å²) in [5, 5.41) is 0. The van der Waals surface area contributed by atoms with E-state index in [1.165, 1.54) is 6.42 Å². The van der Waals surface area contributed by atoms with Crippen LogP contribution in [0.1, 0.15) is 50.2 Å². The van der Waals surface area contributed by atoms with Gasteiger partial charge in [-0.15, -0.1) is 0 Å². The van der Waals surface area contributed by atoms with Crippen molar-refractivity contribution in [3.8, 4) is 0 Å². The Labute approximate surface area is 136 Å². The Morgan fingerprint density at radius 2 is 1.76 bits per heavy atom. The van der Waals surface area contributed by atoms with Gasteiger partial charge in [-0.3, -0.25) is 0 Å². The second-order valence-electron chi connectivity index (χ2n) is 5.87. The first-order valence-corrected chi connectivity index (χ1v) is 9.89. The van der Waals surface area contributed by atoms with Crippen molar-refractivity contribution in [3.63, 3.8) is 0 Å². The molecule has 0 radical (unpaired) electrons. The third-order valence-corrected chi connectivity index (χ3v) is 7.36. The standard InChI is InChI=1S/C16H24BrNO2S/c1-4-18(14-8-6-5-7-9-14)21(19,20)16-11-15(17)12(2)10-13(16)3/h10-11,14H,4-9H2,1-3H3. The highest BCUT2D eigenvalue weighted by molar-refractivity contribution is 9.10. The molecule has 0 saturated heterocycles. The molecule has 0 heterocycles. The number of aryl methyl sites for hydroxylation is 2. The van der Waals surface area contributed by atoms with E-state index in [1.54, 1.807) is 10.4 Å². The Balaban J connectivity index is 2.41. The SMILES string of the molecule is CCN(C1CCCCC1)S(=O)(=O)c1cc(Br)c(C)cc1C. The molecule has 0 aliphatic heterocycles. The van der Waals surface area contributed by atoms with Crippen molar-refractivity contribution in [2.24, 2.45) is 0 Å². The molecule has 5 heteroatoms. The molecule has 1 aliphatic carbocycles. The molecule has 3 nitrogen and oxygen atoms in total. The van der Waals surface area contributed by atoms with Gasteiger partial charge in [0.25, 0.3) is 0 Å². The predicted octanol–water partition coefficient (Wildman–Crippen LogP) is 4.41. The van der Waals surface area contributed by atoms with Crippen LogP contribution in [0.4, 0.5) is 0 Å². The normalized spacial score (nSPS) is 17.4. The van der Waals surface area contributed by atoms with Crippen LogP contribution in [0.15, 0.2) is 21.5 Å². The van der Waals surface area contributed by atoms with Gasteiger partial charge in [-0.05, 0) is 43.9 Å². The van der Waals surface area contributed by atoms with Crippen molar-refractivity contribution in [1.29, 1.82) is 0 Å². The largest absolute Gasteiger partial charge is 0.243 e. The fraction of sp³-hybridized carbons (Fsp3) is 0.625. The van der Waals surface area contributed by atoms with Gasteiger partial charge < -0.3 is 0 Å². The minimum atomic E-state index is -3.42. The van der Waals surface area contributed by atoms with Crippen LogP contribution in [0.5, 0.6) is 0 Å². The summed E-state index contributed by atoms with van der Waals surface area (Å²) in [6.07, 6.45) is 5.46. The Bertz CT molecular complexity index is 607. The fourth-order valence-electron chi connectivity index (χ4n) is 3.21. The molecule has 1 fully saturated rings. The summed E-state index contributed by atoms with van der Waals surface area (Å²) < 4.78 is 28.7. The Morgan fingerprint density at radius 1 is 1.14 bits per heavy atom. The lowest BCUT2D eigenvalue weighted by Gasteiger charge is -2.33. The number of nitrogens with zero attached hydrogens (tertiary/aromatic N) is 1. The van der Waals surface area contributed by atoms with Crippen molar-refractivity contribution in [2.75, 3.05) is 6.54 Å². The van der Waals surface area contributed by atoms with Gasteiger partial charge >= 0.3 is 0 Å². The molecule has 1 aromatic rings. The number of rotatable bonds is 4. The topological polar surface area (TPSA) is 37.4 Å². The van der Waals surface area contributed by atoms with E-state index in [-0.39, 0.29) is 6.04 Å². The summed E-state index contributed by atoms with van der Waals surface area (Å²) in [5.74, 6) is 0. The number of sulfonamides is 1. The molecule has 0 N–H and O–H groups in total. The quantitative estimate of drug-likeness (QED) is 0.783. The lowest BCUT2D eigenvalue weighted by molar-refractivity contribution is 0.261. The molecule has 0 aromatic heterocycles. The van der Waals surface area contributed by atoms with E-state index in [0.29, 0.717) is 11.4 Å². The average Bonchev–Trinajstić information content (AvgIpc) is 2.44. The second kappa shape index (κ2) is 6.80. The number of hydrogen-bond acceptors (Lipinski definition) is 2. The van der Waals surface area contributed by atoms with E-state index in [4.69, 9.17) is 0 Å². The van der Waals surface area contributed by atoms with Crippen LogP contribution in [-0.4, -0.2) is 25.3 Å². The molecule has 0 spiro atoms. The second-order valence-corrected chi connectivity index (χ2v) is 8.58. The van der Waals surface area contributed by atoms with Gasteiger partial charge in [0.1, 0.15) is 0 Å². The number of hydrogen-bond donors (Lipinski definition) is 0. The van der Waals surface area contributed by atoms with Crippen molar-refractivity contribution in [2.45, 2.75) is 63.8 Å². The third kappa shape index (κ3) is 3.51. The van der Waals surface area contributed by atoms with Crippen molar-refractivity contribution >= 4 is 26.0 Å². The summed E-state index contributed by atoms with van der Waals surface area (Å²) in [6.45, 7) is 6.33. The molecule has 21 heavy (non-hydrogen) atoms. The maximum absolute atomic E-state index is 13.1. The molecule has 0 bridgehead atoms. The third-order valence-electron chi connectivity index (χ3n) is 4.34. The fourth-order valence-corrected chi connectivity index (χ4v) is 5.63. The number of halogens is 1. The van der Waals surface area contributed by atoms with Gasteiger partial charge in [0.05, 0.1) is 4.90 Å². The Kier molecular flexibility index (Phi) is 5.49. The lowest BCUT2D eigenvalue weighted by Crippen LogP contribution is -2.41. The van der Waals surface area contributed by atoms with Crippen LogP contribution in [-0.2, 0) is 10.0 Å². The summed E-state index contributed by atoms with van der Waals surface area (Å²) in [5.41, 5.74) is 1.89. The summed E-state index contributed by atoms with van der Waals surface area (Å²) in [6, 6.07) is 3.85. The van der Waals surface area contributed by atoms with Crippen LogP contribution < -0.4 is 0 Å². The highest BCUT2D eigenvalue weighted by atomic mass is 79.9. The maximum atomic E-state index is 13.1. The molecule has 2 rings (SSSR count). The minimum absolute atomic E-state index is 0.160. The zero-order valence-corrected chi connectivity index (χ0v) is 15.4. The number of benzene rings is 1. The lowest BCUT2D eigenvalue weighted by atomic mass is 9.95. The van der Waals surface area contributed by atoms with Crippen LogP contribution in [0.2, 0.25) is 0 Å². The molecular formula is C16H24BrNO2S. The maximum Gasteiger partial charge on any atom is 0.243 e. The van der Waals surface area contributed by atoms with E-state index in [0.717, 1.165) is 41.3 Å². The van der Waals surface area contributed by atoms with E-state index in [2.05, 4.69) is 15.9 Å². The van der Waals surface area contributed by atoms with Gasteiger partial charge in [0.15, 0.2) is 0 Å². The van der Waals surface area contributed by atoms with Gasteiger partial charge in [0.2, 0.25) is 10.0 Å². The van der Waals surface area contributed by atoms with Crippen molar-refractivity contribution < 1.29 is 8.42 Å². The zero-order valence-electron chi connectivity index (χ0n) is 13.0. The van der Waals surface area contributed by atoms with E-state index < -0.39 is 10.0 Å². The van der Waals surface area contributed by atoms with Crippen LogP contribution in [0.25, 0.3) is 0 Å².